The second-order valence-electron chi connectivity index (χ2n) is 6.55. The Bertz CT molecular complexity index is 1380. The van der Waals surface area contributed by atoms with E-state index in [1.165, 1.54) is 6.20 Å². The van der Waals surface area contributed by atoms with Crippen LogP contribution in [0.15, 0.2) is 71.8 Å². The van der Waals surface area contributed by atoms with Crippen LogP contribution in [0.1, 0.15) is 5.56 Å². The van der Waals surface area contributed by atoms with Crippen LogP contribution in [0.2, 0.25) is 5.02 Å². The number of aromatic nitrogens is 5. The fourth-order valence-electron chi connectivity index (χ4n) is 3.28. The number of pyridine rings is 1. The van der Waals surface area contributed by atoms with Gasteiger partial charge in [-0.1, -0.05) is 41.9 Å². The number of aromatic amines is 1. The maximum absolute atomic E-state index is 13.1. The van der Waals surface area contributed by atoms with Gasteiger partial charge in [0.25, 0.3) is 5.56 Å². The molecule has 0 spiro atoms. The molecule has 29 heavy (non-hydrogen) atoms. The van der Waals surface area contributed by atoms with Gasteiger partial charge in [0.05, 0.1) is 28.2 Å². The van der Waals surface area contributed by atoms with Crippen LogP contribution >= 0.6 is 11.6 Å². The van der Waals surface area contributed by atoms with E-state index in [1.807, 2.05) is 54.6 Å². The summed E-state index contributed by atoms with van der Waals surface area (Å²) in [5, 5.41) is 12.0. The van der Waals surface area contributed by atoms with Crippen LogP contribution in [0.4, 0.5) is 5.95 Å². The lowest BCUT2D eigenvalue weighted by atomic mass is 10.2. The lowest BCUT2D eigenvalue weighted by Gasteiger charge is -2.12. The normalized spacial score (nSPS) is 11.2. The lowest BCUT2D eigenvalue weighted by molar-refractivity contribution is 1.00. The second-order valence-corrected chi connectivity index (χ2v) is 6.98. The van der Waals surface area contributed by atoms with E-state index in [0.717, 1.165) is 16.6 Å². The van der Waals surface area contributed by atoms with E-state index < -0.39 is 0 Å². The molecule has 0 saturated heterocycles. The quantitative estimate of drug-likeness (QED) is 0.475. The summed E-state index contributed by atoms with van der Waals surface area (Å²) in [5.74, 6) is 0.426. The van der Waals surface area contributed by atoms with Gasteiger partial charge in [0.15, 0.2) is 5.65 Å². The van der Waals surface area contributed by atoms with Crippen LogP contribution < -0.4 is 10.9 Å². The third-order valence-electron chi connectivity index (χ3n) is 4.70. The first-order valence-electron chi connectivity index (χ1n) is 8.99. The Morgan fingerprint density at radius 1 is 1.00 bits per heavy atom. The van der Waals surface area contributed by atoms with Crippen molar-refractivity contribution in [1.29, 1.82) is 0 Å². The van der Waals surface area contributed by atoms with Gasteiger partial charge in [-0.15, -0.1) is 0 Å². The summed E-state index contributed by atoms with van der Waals surface area (Å²) in [6.07, 6.45) is 3.23. The highest BCUT2D eigenvalue weighted by Gasteiger charge is 2.16. The standard InChI is InChI=1S/C21H15ClN6O/c22-14-8-6-13(7-9-14)10-23-21-24-11-16-18-17(12-25-27-18)20(29)28(19(16)26-21)15-4-2-1-3-5-15/h1-9,11-12H,10H2,(H,25,27)(H,23,24,26). The lowest BCUT2D eigenvalue weighted by Crippen LogP contribution is -2.20. The third kappa shape index (κ3) is 3.11. The number of nitrogens with one attached hydrogen (secondary N) is 2. The molecule has 0 radical (unpaired) electrons. The number of hydrogen-bond acceptors (Lipinski definition) is 5. The number of benzene rings is 2. The zero-order valence-corrected chi connectivity index (χ0v) is 15.9. The van der Waals surface area contributed by atoms with Gasteiger partial charge in [0.2, 0.25) is 5.95 Å². The van der Waals surface area contributed by atoms with E-state index in [1.54, 1.807) is 10.8 Å². The average Bonchev–Trinajstić information content (AvgIpc) is 3.25. The molecule has 0 bridgehead atoms. The zero-order valence-electron chi connectivity index (χ0n) is 15.1. The van der Waals surface area contributed by atoms with Crippen molar-refractivity contribution in [3.8, 4) is 5.69 Å². The van der Waals surface area contributed by atoms with Gasteiger partial charge in [0, 0.05) is 17.8 Å². The molecule has 5 aromatic rings. The minimum absolute atomic E-state index is 0.185. The Morgan fingerprint density at radius 2 is 1.79 bits per heavy atom. The first kappa shape index (κ1) is 17.4. The van der Waals surface area contributed by atoms with E-state index in [0.29, 0.717) is 34.1 Å². The van der Waals surface area contributed by atoms with Gasteiger partial charge >= 0.3 is 0 Å². The van der Waals surface area contributed by atoms with Crippen molar-refractivity contribution in [1.82, 2.24) is 24.7 Å². The number of rotatable bonds is 4. The zero-order chi connectivity index (χ0) is 19.8. The van der Waals surface area contributed by atoms with E-state index in [2.05, 4.69) is 25.5 Å². The average molecular weight is 403 g/mol. The summed E-state index contributed by atoms with van der Waals surface area (Å²) in [4.78, 5) is 22.2. The highest BCUT2D eigenvalue weighted by atomic mass is 35.5. The van der Waals surface area contributed by atoms with Crippen LogP contribution in [0.5, 0.6) is 0 Å². The van der Waals surface area contributed by atoms with Gasteiger partial charge in [-0.25, -0.2) is 4.98 Å². The van der Waals surface area contributed by atoms with Crippen molar-refractivity contribution in [2.75, 3.05) is 5.32 Å². The van der Waals surface area contributed by atoms with Crippen molar-refractivity contribution in [3.63, 3.8) is 0 Å². The number of anilines is 1. The molecule has 3 heterocycles. The summed E-state index contributed by atoms with van der Waals surface area (Å²) in [6, 6.07) is 17.0. The molecule has 3 aromatic heterocycles. The summed E-state index contributed by atoms with van der Waals surface area (Å²) in [6.45, 7) is 0.532. The van der Waals surface area contributed by atoms with Crippen LogP contribution in [-0.4, -0.2) is 24.7 Å². The molecule has 7 nitrogen and oxygen atoms in total. The Labute approximate surface area is 170 Å². The summed E-state index contributed by atoms with van der Waals surface area (Å²) in [7, 11) is 0. The predicted octanol–water partition coefficient (Wildman–Crippen LogP) is 3.92. The molecule has 0 aliphatic heterocycles. The van der Waals surface area contributed by atoms with Crippen LogP contribution in [0, 0.1) is 0 Å². The number of para-hydroxylation sites is 1. The maximum Gasteiger partial charge on any atom is 0.267 e. The SMILES string of the molecule is O=c1c2cn[nH]c2c2cnc(NCc3ccc(Cl)cc3)nc2n1-c1ccccc1. The Hall–Kier alpha value is -3.71. The number of H-pyrrole nitrogens is 1. The van der Waals surface area contributed by atoms with Crippen LogP contribution in [0.3, 0.4) is 0 Å². The Morgan fingerprint density at radius 3 is 2.59 bits per heavy atom. The monoisotopic (exact) mass is 402 g/mol. The van der Waals surface area contributed by atoms with Gasteiger partial charge in [-0.05, 0) is 29.8 Å². The molecule has 0 amide bonds. The molecule has 5 rings (SSSR count). The smallest absolute Gasteiger partial charge is 0.267 e. The first-order valence-corrected chi connectivity index (χ1v) is 9.37. The summed E-state index contributed by atoms with van der Waals surface area (Å²) >= 11 is 5.94. The van der Waals surface area contributed by atoms with Gasteiger partial charge in [0.1, 0.15) is 0 Å². The van der Waals surface area contributed by atoms with Gasteiger partial charge in [-0.2, -0.15) is 10.1 Å². The number of fused-ring (bicyclic) bond motifs is 3. The van der Waals surface area contributed by atoms with E-state index in [-0.39, 0.29) is 5.56 Å². The number of hydrogen-bond donors (Lipinski definition) is 2. The molecule has 0 atom stereocenters. The third-order valence-corrected chi connectivity index (χ3v) is 4.95. The predicted molar refractivity (Wildman–Crippen MR) is 114 cm³/mol. The second kappa shape index (κ2) is 7.03. The highest BCUT2D eigenvalue weighted by Crippen LogP contribution is 2.22. The van der Waals surface area contributed by atoms with E-state index in [9.17, 15) is 4.79 Å². The van der Waals surface area contributed by atoms with Gasteiger partial charge < -0.3 is 5.32 Å². The van der Waals surface area contributed by atoms with Crippen molar-refractivity contribution < 1.29 is 0 Å². The van der Waals surface area contributed by atoms with Crippen molar-refractivity contribution >= 4 is 39.5 Å². The number of halogens is 1. The fraction of sp³-hybridized carbons (Fsp3) is 0.0476. The molecule has 8 heteroatoms. The molecule has 0 aliphatic rings. The molecule has 0 saturated carbocycles. The minimum Gasteiger partial charge on any atom is -0.350 e. The largest absolute Gasteiger partial charge is 0.350 e. The van der Waals surface area contributed by atoms with Crippen molar-refractivity contribution in [2.45, 2.75) is 6.54 Å². The molecule has 0 aliphatic carbocycles. The molecular weight excluding hydrogens is 388 g/mol. The van der Waals surface area contributed by atoms with Crippen LogP contribution in [0.25, 0.3) is 27.6 Å². The summed E-state index contributed by atoms with van der Waals surface area (Å²) in [5.41, 5.74) is 2.72. The molecular formula is C21H15ClN6O. The fourth-order valence-corrected chi connectivity index (χ4v) is 3.40. The minimum atomic E-state index is -0.185. The van der Waals surface area contributed by atoms with E-state index >= 15 is 0 Å². The van der Waals surface area contributed by atoms with Crippen molar-refractivity contribution in [2.24, 2.45) is 0 Å². The summed E-state index contributed by atoms with van der Waals surface area (Å²) < 4.78 is 1.59. The highest BCUT2D eigenvalue weighted by molar-refractivity contribution is 6.30. The molecule has 0 unspecified atom stereocenters. The van der Waals surface area contributed by atoms with Crippen LogP contribution in [-0.2, 0) is 6.54 Å². The van der Waals surface area contributed by atoms with Crippen molar-refractivity contribution in [3.05, 3.63) is 87.9 Å². The topological polar surface area (TPSA) is 88.5 Å². The molecule has 0 fully saturated rings. The Kier molecular flexibility index (Phi) is 4.22. The van der Waals surface area contributed by atoms with E-state index in [4.69, 9.17) is 11.6 Å². The first-order chi connectivity index (χ1) is 14.2. The molecule has 2 N–H and O–H groups in total. The maximum atomic E-state index is 13.1. The molecule has 2 aromatic carbocycles. The Balaban J connectivity index is 1.65. The number of nitrogens with zero attached hydrogens (tertiary/aromatic N) is 4. The van der Waals surface area contributed by atoms with Gasteiger partial charge in [-0.3, -0.25) is 14.5 Å². The molecule has 142 valence electrons.